The van der Waals surface area contributed by atoms with Crippen molar-refractivity contribution in [3.05, 3.63) is 20.8 Å². The average Bonchev–Trinajstić information content (AvgIpc) is 2.59. The summed E-state index contributed by atoms with van der Waals surface area (Å²) in [6.07, 6.45) is -11.3. The molecule has 0 spiro atoms. The van der Waals surface area contributed by atoms with Crippen molar-refractivity contribution in [3.8, 4) is 0 Å². The second-order valence-corrected chi connectivity index (χ2v) is 6.26. The molecular formula is C10H8BrF6NOS. The quantitative estimate of drug-likeness (QED) is 0.716. The van der Waals surface area contributed by atoms with E-state index in [4.69, 9.17) is 0 Å². The van der Waals surface area contributed by atoms with E-state index >= 15 is 0 Å². The molecule has 0 saturated heterocycles. The Morgan fingerprint density at radius 2 is 1.80 bits per heavy atom. The number of nitrogens with zero attached hydrogens (tertiary/aromatic N) is 1. The molecular weight excluding hydrogens is 376 g/mol. The fourth-order valence-electron chi connectivity index (χ4n) is 1.47. The van der Waals surface area contributed by atoms with Crippen molar-refractivity contribution in [2.24, 2.45) is 5.92 Å². The first-order valence-corrected chi connectivity index (χ1v) is 6.71. The summed E-state index contributed by atoms with van der Waals surface area (Å²) in [5, 5.41) is 1.53. The summed E-state index contributed by atoms with van der Waals surface area (Å²) >= 11 is 4.32. The Balaban J connectivity index is 2.90. The molecule has 1 aromatic heterocycles. The van der Waals surface area contributed by atoms with E-state index in [2.05, 4.69) is 15.9 Å². The lowest BCUT2D eigenvalue weighted by atomic mass is 10.1. The summed E-state index contributed by atoms with van der Waals surface area (Å²) in [6.45, 7) is -0.330. The third kappa shape index (κ3) is 4.37. The minimum Gasteiger partial charge on any atom is -0.341 e. The zero-order valence-corrected chi connectivity index (χ0v) is 12.3. The van der Waals surface area contributed by atoms with Gasteiger partial charge >= 0.3 is 12.4 Å². The largest absolute Gasteiger partial charge is 0.409 e. The van der Waals surface area contributed by atoms with E-state index < -0.39 is 24.2 Å². The molecule has 2 nitrogen and oxygen atoms in total. The number of carbonyl (C=O) groups is 1. The van der Waals surface area contributed by atoms with E-state index in [9.17, 15) is 31.1 Å². The molecule has 0 aliphatic carbocycles. The topological polar surface area (TPSA) is 20.3 Å². The van der Waals surface area contributed by atoms with Crippen molar-refractivity contribution in [3.63, 3.8) is 0 Å². The van der Waals surface area contributed by atoms with Gasteiger partial charge in [-0.2, -0.15) is 26.3 Å². The van der Waals surface area contributed by atoms with Crippen molar-refractivity contribution in [1.29, 1.82) is 0 Å². The van der Waals surface area contributed by atoms with Gasteiger partial charge in [-0.15, -0.1) is 11.3 Å². The van der Waals surface area contributed by atoms with Crippen molar-refractivity contribution in [2.45, 2.75) is 18.9 Å². The van der Waals surface area contributed by atoms with E-state index in [1.807, 2.05) is 0 Å². The highest BCUT2D eigenvalue weighted by molar-refractivity contribution is 9.11. The van der Waals surface area contributed by atoms with Gasteiger partial charge in [-0.1, -0.05) is 0 Å². The number of alkyl halides is 6. The molecule has 1 heterocycles. The second kappa shape index (κ2) is 5.92. The number of hydrogen-bond acceptors (Lipinski definition) is 2. The zero-order chi connectivity index (χ0) is 15.7. The van der Waals surface area contributed by atoms with Crippen LogP contribution in [0.2, 0.25) is 0 Å². The van der Waals surface area contributed by atoms with E-state index in [0.29, 0.717) is 14.2 Å². The van der Waals surface area contributed by atoms with Gasteiger partial charge in [0.05, 0.1) is 3.79 Å². The van der Waals surface area contributed by atoms with Crippen molar-refractivity contribution >= 4 is 33.2 Å². The van der Waals surface area contributed by atoms with Crippen LogP contribution in [0.4, 0.5) is 26.3 Å². The number of carbonyl (C=O) groups excluding carboxylic acids is 1. The maximum atomic E-state index is 12.4. The van der Waals surface area contributed by atoms with Gasteiger partial charge in [0.25, 0.3) is 0 Å². The van der Waals surface area contributed by atoms with Crippen LogP contribution in [0.25, 0.3) is 0 Å². The summed E-state index contributed by atoms with van der Waals surface area (Å²) in [5.74, 6) is -6.02. The lowest BCUT2D eigenvalue weighted by Crippen LogP contribution is -2.48. The van der Waals surface area contributed by atoms with Crippen molar-refractivity contribution < 1.29 is 31.1 Å². The Morgan fingerprint density at radius 1 is 1.30 bits per heavy atom. The molecule has 0 N–H and O–H groups in total. The maximum absolute atomic E-state index is 12.4. The molecule has 0 fully saturated rings. The van der Waals surface area contributed by atoms with Crippen LogP contribution in [-0.4, -0.2) is 30.2 Å². The molecule has 0 aromatic carbocycles. The lowest BCUT2D eigenvalue weighted by molar-refractivity contribution is -0.277. The minimum absolute atomic E-state index is 0.330. The average molecular weight is 384 g/mol. The molecule has 1 amide bonds. The molecule has 1 rings (SSSR count). The number of rotatable bonds is 3. The number of halogens is 7. The normalized spacial score (nSPS) is 12.8. The third-order valence-electron chi connectivity index (χ3n) is 2.32. The van der Waals surface area contributed by atoms with Gasteiger partial charge in [-0.05, 0) is 32.9 Å². The van der Waals surface area contributed by atoms with Crippen LogP contribution < -0.4 is 0 Å². The van der Waals surface area contributed by atoms with Crippen LogP contribution in [0, 0.1) is 5.92 Å². The summed E-state index contributed by atoms with van der Waals surface area (Å²) in [4.78, 5) is 11.8. The molecule has 1 aromatic rings. The number of amides is 1. The summed E-state index contributed by atoms with van der Waals surface area (Å²) < 4.78 is 75.0. The van der Waals surface area contributed by atoms with Crippen molar-refractivity contribution in [2.75, 3.05) is 7.05 Å². The molecule has 0 atom stereocenters. The first kappa shape index (κ1) is 17.3. The first-order valence-electron chi connectivity index (χ1n) is 5.04. The molecule has 0 saturated carbocycles. The monoisotopic (exact) mass is 383 g/mol. The molecule has 0 aliphatic rings. The number of hydrogen-bond donors (Lipinski definition) is 0. The van der Waals surface area contributed by atoms with Crippen LogP contribution in [-0.2, 0) is 11.3 Å². The van der Waals surface area contributed by atoms with Crippen LogP contribution >= 0.6 is 27.3 Å². The Labute approximate surface area is 122 Å². The highest BCUT2D eigenvalue weighted by Crippen LogP contribution is 2.40. The SMILES string of the molecule is CN(Cc1csc(Br)c1)C(=O)C(C(F)(F)F)C(F)(F)F. The highest BCUT2D eigenvalue weighted by Gasteiger charge is 2.61. The molecule has 0 radical (unpaired) electrons. The zero-order valence-electron chi connectivity index (χ0n) is 9.85. The van der Waals surface area contributed by atoms with Crippen LogP contribution in [0.3, 0.4) is 0 Å². The Morgan fingerprint density at radius 3 is 2.15 bits per heavy atom. The van der Waals surface area contributed by atoms with Gasteiger partial charge in [0.15, 0.2) is 0 Å². The van der Waals surface area contributed by atoms with Crippen LogP contribution in [0.15, 0.2) is 15.2 Å². The third-order valence-corrected chi connectivity index (χ3v) is 3.87. The standard InChI is InChI=1S/C10H8BrF6NOS/c1-18(3-5-2-6(11)20-4-5)8(19)7(9(12,13)14)10(15,16)17/h2,4,7H,3H2,1H3. The van der Waals surface area contributed by atoms with Gasteiger partial charge < -0.3 is 4.90 Å². The fraction of sp³-hybridized carbons (Fsp3) is 0.500. The molecule has 0 bridgehead atoms. The molecule has 10 heteroatoms. The van der Waals surface area contributed by atoms with E-state index in [1.165, 1.54) is 22.8 Å². The molecule has 114 valence electrons. The lowest BCUT2D eigenvalue weighted by Gasteiger charge is -2.26. The summed E-state index contributed by atoms with van der Waals surface area (Å²) in [7, 11) is 0.901. The summed E-state index contributed by atoms with van der Waals surface area (Å²) in [6, 6.07) is 1.52. The predicted molar refractivity (Wildman–Crippen MR) is 64.1 cm³/mol. The maximum Gasteiger partial charge on any atom is 0.409 e. The molecule has 0 unspecified atom stereocenters. The Hall–Kier alpha value is -0.770. The fourth-order valence-corrected chi connectivity index (χ4v) is 2.67. The van der Waals surface area contributed by atoms with Crippen molar-refractivity contribution in [1.82, 2.24) is 4.90 Å². The number of thiophene rings is 1. The van der Waals surface area contributed by atoms with Gasteiger partial charge in [-0.3, -0.25) is 4.79 Å². The Bertz CT molecular complexity index is 469. The van der Waals surface area contributed by atoms with Crippen LogP contribution in [0.1, 0.15) is 5.56 Å². The Kier molecular flexibility index (Phi) is 5.12. The highest BCUT2D eigenvalue weighted by atomic mass is 79.9. The van der Waals surface area contributed by atoms with Gasteiger partial charge in [-0.25, -0.2) is 0 Å². The van der Waals surface area contributed by atoms with E-state index in [1.54, 1.807) is 0 Å². The first-order chi connectivity index (χ1) is 8.93. The van der Waals surface area contributed by atoms with Gasteiger partial charge in [0.2, 0.25) is 11.8 Å². The summed E-state index contributed by atoms with van der Waals surface area (Å²) in [5.41, 5.74) is 0.445. The smallest absolute Gasteiger partial charge is 0.341 e. The van der Waals surface area contributed by atoms with Gasteiger partial charge in [0, 0.05) is 13.6 Å². The predicted octanol–water partition coefficient (Wildman–Crippen LogP) is 4.21. The molecule has 0 aliphatic heterocycles. The minimum atomic E-state index is -5.67. The molecule has 20 heavy (non-hydrogen) atoms. The van der Waals surface area contributed by atoms with Gasteiger partial charge in [0.1, 0.15) is 0 Å². The van der Waals surface area contributed by atoms with Crippen LogP contribution in [0.5, 0.6) is 0 Å². The second-order valence-electron chi connectivity index (χ2n) is 3.97. The van der Waals surface area contributed by atoms with E-state index in [-0.39, 0.29) is 6.54 Å². The van der Waals surface area contributed by atoms with E-state index in [0.717, 1.165) is 7.05 Å².